The van der Waals surface area contributed by atoms with E-state index in [4.69, 9.17) is 9.47 Å². The molecule has 0 radical (unpaired) electrons. The third kappa shape index (κ3) is 7.26. The second-order valence-corrected chi connectivity index (χ2v) is 9.14. The van der Waals surface area contributed by atoms with Crippen LogP contribution in [0.15, 0.2) is 70.5 Å². The van der Waals surface area contributed by atoms with E-state index in [0.29, 0.717) is 41.4 Å². The van der Waals surface area contributed by atoms with Gasteiger partial charge >= 0.3 is 5.97 Å². The molecule has 0 atom stereocenters. The molecule has 0 heterocycles. The van der Waals surface area contributed by atoms with Crippen molar-refractivity contribution in [3.8, 4) is 17.2 Å². The molecule has 6 nitrogen and oxygen atoms in total. The van der Waals surface area contributed by atoms with Crippen LogP contribution in [0.4, 0.5) is 0 Å². The lowest BCUT2D eigenvalue weighted by atomic mass is 10.0. The molecule has 0 bridgehead atoms. The standard InChI is InChI=1S/C28H30O6S/c1-3-8-23-25(16-15-22(19(2)29)27(23)30)34-18-7-6-17-33-20-11-13-21(14-12-20)35-26-10-5-4-9-24(26)28(31)32/h4-5,9-16,30H,3,6-8,17-18H2,1-2H3,(H,31,32). The number of unbranched alkanes of at least 4 members (excludes halogenated alkanes) is 1. The van der Waals surface area contributed by atoms with E-state index in [2.05, 4.69) is 0 Å². The normalized spacial score (nSPS) is 10.7. The van der Waals surface area contributed by atoms with Crippen molar-refractivity contribution in [2.45, 2.75) is 49.3 Å². The fraction of sp³-hybridized carbons (Fsp3) is 0.286. The lowest BCUT2D eigenvalue weighted by Crippen LogP contribution is -2.05. The van der Waals surface area contributed by atoms with E-state index in [0.717, 1.165) is 29.9 Å². The molecular formula is C28H30O6S. The number of carbonyl (C=O) groups is 2. The fourth-order valence-electron chi connectivity index (χ4n) is 3.57. The second kappa shape index (κ2) is 12.9. The molecule has 35 heavy (non-hydrogen) atoms. The number of Topliss-reactive ketones (excluding diaryl/α,β-unsaturated/α-hetero) is 1. The Morgan fingerprint density at radius 1 is 0.886 bits per heavy atom. The van der Waals surface area contributed by atoms with Crippen LogP contribution in [0, 0.1) is 0 Å². The van der Waals surface area contributed by atoms with Crippen molar-refractivity contribution in [1.29, 1.82) is 0 Å². The monoisotopic (exact) mass is 494 g/mol. The molecular weight excluding hydrogens is 464 g/mol. The summed E-state index contributed by atoms with van der Waals surface area (Å²) >= 11 is 1.40. The fourth-order valence-corrected chi connectivity index (χ4v) is 4.51. The number of hydrogen-bond acceptors (Lipinski definition) is 6. The molecule has 0 spiro atoms. The zero-order valence-corrected chi connectivity index (χ0v) is 20.8. The smallest absolute Gasteiger partial charge is 0.336 e. The van der Waals surface area contributed by atoms with E-state index >= 15 is 0 Å². The largest absolute Gasteiger partial charge is 0.507 e. The maximum absolute atomic E-state index is 11.7. The van der Waals surface area contributed by atoms with Crippen LogP contribution in [0.25, 0.3) is 0 Å². The number of carbonyl (C=O) groups excluding carboxylic acids is 1. The van der Waals surface area contributed by atoms with Crippen LogP contribution in [0.2, 0.25) is 0 Å². The summed E-state index contributed by atoms with van der Waals surface area (Å²) in [6, 6.07) is 17.9. The van der Waals surface area contributed by atoms with Gasteiger partial charge in [-0.05, 0) is 74.7 Å². The maximum atomic E-state index is 11.7. The predicted molar refractivity (Wildman–Crippen MR) is 136 cm³/mol. The van der Waals surface area contributed by atoms with Crippen LogP contribution < -0.4 is 9.47 Å². The Morgan fingerprint density at radius 3 is 2.23 bits per heavy atom. The van der Waals surface area contributed by atoms with E-state index in [9.17, 15) is 19.8 Å². The zero-order chi connectivity index (χ0) is 25.2. The molecule has 0 aliphatic heterocycles. The number of hydrogen-bond donors (Lipinski definition) is 2. The van der Waals surface area contributed by atoms with Gasteiger partial charge in [0.15, 0.2) is 5.78 Å². The molecule has 0 amide bonds. The molecule has 2 N–H and O–H groups in total. The van der Waals surface area contributed by atoms with Gasteiger partial charge in [0.1, 0.15) is 17.2 Å². The highest BCUT2D eigenvalue weighted by Gasteiger charge is 2.16. The van der Waals surface area contributed by atoms with Crippen LogP contribution in [0.1, 0.15) is 59.4 Å². The van der Waals surface area contributed by atoms with Crippen LogP contribution in [-0.4, -0.2) is 35.2 Å². The van der Waals surface area contributed by atoms with Crippen LogP contribution in [-0.2, 0) is 6.42 Å². The summed E-state index contributed by atoms with van der Waals surface area (Å²) in [5.41, 5.74) is 1.29. The molecule has 0 fully saturated rings. The Bertz CT molecular complexity index is 1160. The number of aromatic carboxylic acids is 1. The van der Waals surface area contributed by atoms with Crippen molar-refractivity contribution in [3.63, 3.8) is 0 Å². The van der Waals surface area contributed by atoms with Crippen LogP contribution >= 0.6 is 11.8 Å². The predicted octanol–water partition coefficient (Wildman–Crippen LogP) is 6.63. The first-order valence-corrected chi connectivity index (χ1v) is 12.4. The summed E-state index contributed by atoms with van der Waals surface area (Å²) in [4.78, 5) is 24.7. The Kier molecular flexibility index (Phi) is 9.61. The molecule has 0 unspecified atom stereocenters. The minimum atomic E-state index is -0.941. The van der Waals surface area contributed by atoms with Crippen molar-refractivity contribution in [2.24, 2.45) is 0 Å². The van der Waals surface area contributed by atoms with Gasteiger partial charge < -0.3 is 19.7 Å². The number of ether oxygens (including phenoxy) is 2. The van der Waals surface area contributed by atoms with Crippen LogP contribution in [0.5, 0.6) is 17.2 Å². The van der Waals surface area contributed by atoms with Gasteiger partial charge in [0.25, 0.3) is 0 Å². The first kappa shape index (κ1) is 26.2. The highest BCUT2D eigenvalue weighted by Crippen LogP contribution is 2.33. The van der Waals surface area contributed by atoms with Gasteiger partial charge in [-0.3, -0.25) is 4.79 Å². The van der Waals surface area contributed by atoms with Gasteiger partial charge in [0, 0.05) is 15.4 Å². The van der Waals surface area contributed by atoms with E-state index < -0.39 is 5.97 Å². The van der Waals surface area contributed by atoms with Gasteiger partial charge in [-0.25, -0.2) is 4.79 Å². The van der Waals surface area contributed by atoms with E-state index in [1.165, 1.54) is 18.7 Å². The SMILES string of the molecule is CCCc1c(OCCCCOc2ccc(Sc3ccccc3C(=O)O)cc2)ccc(C(C)=O)c1O. The topological polar surface area (TPSA) is 93.1 Å². The number of ketones is 1. The molecule has 3 rings (SSSR count). The minimum absolute atomic E-state index is 0.0215. The number of carboxylic acids is 1. The number of benzene rings is 3. The Hall–Kier alpha value is -3.45. The third-order valence-electron chi connectivity index (χ3n) is 5.35. The number of carboxylic acid groups (broad SMARTS) is 1. The highest BCUT2D eigenvalue weighted by molar-refractivity contribution is 7.99. The summed E-state index contributed by atoms with van der Waals surface area (Å²) in [6.07, 6.45) is 3.05. The van der Waals surface area contributed by atoms with Gasteiger partial charge in [0.2, 0.25) is 0 Å². The average Bonchev–Trinajstić information content (AvgIpc) is 2.84. The Morgan fingerprint density at radius 2 is 1.57 bits per heavy atom. The van der Waals surface area contributed by atoms with Gasteiger partial charge in [-0.15, -0.1) is 0 Å². The summed E-state index contributed by atoms with van der Waals surface area (Å²) < 4.78 is 11.7. The summed E-state index contributed by atoms with van der Waals surface area (Å²) in [7, 11) is 0. The number of rotatable bonds is 13. The average molecular weight is 495 g/mol. The molecule has 0 saturated heterocycles. The summed E-state index contributed by atoms with van der Waals surface area (Å²) in [5.74, 6) is 0.279. The molecule has 184 valence electrons. The quantitative estimate of drug-likeness (QED) is 0.203. The lowest BCUT2D eigenvalue weighted by molar-refractivity contribution is 0.0693. The summed E-state index contributed by atoms with van der Waals surface area (Å²) in [5, 5.41) is 19.8. The highest BCUT2D eigenvalue weighted by atomic mass is 32.2. The van der Waals surface area contributed by atoms with Gasteiger partial charge in [0.05, 0.1) is 24.3 Å². The van der Waals surface area contributed by atoms with E-state index in [1.54, 1.807) is 30.3 Å². The van der Waals surface area contributed by atoms with Crippen LogP contribution in [0.3, 0.4) is 0 Å². The van der Waals surface area contributed by atoms with Crippen molar-refractivity contribution >= 4 is 23.5 Å². The van der Waals surface area contributed by atoms with Crippen molar-refractivity contribution in [3.05, 3.63) is 77.4 Å². The summed E-state index contributed by atoms with van der Waals surface area (Å²) in [6.45, 7) is 4.48. The molecule has 0 saturated carbocycles. The van der Waals surface area contributed by atoms with Gasteiger partial charge in [-0.1, -0.05) is 37.2 Å². The molecule has 7 heteroatoms. The molecule has 3 aromatic carbocycles. The third-order valence-corrected chi connectivity index (χ3v) is 6.44. The Balaban J connectivity index is 1.45. The Labute approximate surface area is 209 Å². The van der Waals surface area contributed by atoms with E-state index in [1.807, 2.05) is 37.3 Å². The molecule has 3 aromatic rings. The lowest BCUT2D eigenvalue weighted by Gasteiger charge is -2.14. The van der Waals surface area contributed by atoms with Crippen molar-refractivity contribution in [2.75, 3.05) is 13.2 Å². The first-order valence-electron chi connectivity index (χ1n) is 11.6. The van der Waals surface area contributed by atoms with Crippen molar-refractivity contribution < 1.29 is 29.3 Å². The van der Waals surface area contributed by atoms with Crippen molar-refractivity contribution in [1.82, 2.24) is 0 Å². The minimum Gasteiger partial charge on any atom is -0.507 e. The maximum Gasteiger partial charge on any atom is 0.336 e. The number of phenolic OH excluding ortho intramolecular Hbond substituents is 1. The second-order valence-electron chi connectivity index (χ2n) is 8.02. The number of phenols is 1. The van der Waals surface area contributed by atoms with Gasteiger partial charge in [-0.2, -0.15) is 0 Å². The number of aromatic hydroxyl groups is 1. The van der Waals surface area contributed by atoms with E-state index in [-0.39, 0.29) is 17.1 Å². The first-order chi connectivity index (χ1) is 16.9. The molecule has 0 aliphatic rings. The molecule has 0 aromatic heterocycles. The molecule has 0 aliphatic carbocycles. The zero-order valence-electron chi connectivity index (χ0n) is 20.0.